The summed E-state index contributed by atoms with van der Waals surface area (Å²) in [4.78, 5) is 39.5. The smallest absolute Gasteiger partial charge is 0.263 e. The molecule has 0 saturated carbocycles. The molecular formula is C30H31N3O7S3. The molecule has 2 amide bonds. The van der Waals surface area contributed by atoms with E-state index >= 15 is 0 Å². The normalized spacial score (nSPS) is 22.1. The number of nitrogens with one attached hydrogen (secondary N) is 1. The van der Waals surface area contributed by atoms with Crippen LogP contribution < -0.4 is 5.48 Å². The zero-order chi connectivity index (χ0) is 29.9. The van der Waals surface area contributed by atoms with Crippen LogP contribution in [0.4, 0.5) is 0 Å². The molecule has 0 radical (unpaired) electrons. The molecule has 1 aromatic carbocycles. The molecule has 2 fully saturated rings. The molecular weight excluding hydrogens is 611 g/mol. The van der Waals surface area contributed by atoms with Gasteiger partial charge in [-0.15, -0.1) is 22.7 Å². The molecule has 0 spiro atoms. The molecule has 5 heterocycles. The standard InChI is InChI=1S/C30H31N3O7S3/c34-27(32-40-28-5-1-2-15-38-28)18-30(12-13-33(14-17-43(30,36)37)29(35)25-4-3-16-41-25)26-11-10-24(42-26)22-8-6-21(7-9-22)23-19-31-20-39-23/h3-4,6-11,16,19-20,28H,1-2,5,12-15,17-18H2,(H,32,34)/t28?,30-/m0/s1. The third-order valence-electron chi connectivity index (χ3n) is 7.86. The van der Waals surface area contributed by atoms with Gasteiger partial charge in [0.05, 0.1) is 23.2 Å². The highest BCUT2D eigenvalue weighted by Crippen LogP contribution is 2.45. The van der Waals surface area contributed by atoms with Crippen LogP contribution in [0.15, 0.2) is 70.9 Å². The Kier molecular flexibility index (Phi) is 8.78. The zero-order valence-electron chi connectivity index (χ0n) is 23.3. The van der Waals surface area contributed by atoms with Gasteiger partial charge < -0.3 is 14.1 Å². The molecule has 4 aromatic rings. The van der Waals surface area contributed by atoms with Crippen LogP contribution in [-0.4, -0.2) is 61.9 Å². The molecule has 6 rings (SSSR count). The van der Waals surface area contributed by atoms with Crippen LogP contribution in [0.1, 0.15) is 46.7 Å². The zero-order valence-corrected chi connectivity index (χ0v) is 25.7. The van der Waals surface area contributed by atoms with Crippen molar-refractivity contribution in [3.05, 3.63) is 76.3 Å². The minimum absolute atomic E-state index is 0.0518. The number of hydrogen-bond donors (Lipinski definition) is 1. The summed E-state index contributed by atoms with van der Waals surface area (Å²) in [5.41, 5.74) is 4.22. The maximum absolute atomic E-state index is 14.2. The van der Waals surface area contributed by atoms with Crippen molar-refractivity contribution in [1.29, 1.82) is 0 Å². The van der Waals surface area contributed by atoms with E-state index in [2.05, 4.69) is 10.5 Å². The van der Waals surface area contributed by atoms with Crippen LogP contribution in [0.25, 0.3) is 21.8 Å². The first-order valence-electron chi connectivity index (χ1n) is 14.1. The van der Waals surface area contributed by atoms with Crippen molar-refractivity contribution < 1.29 is 32.0 Å². The lowest BCUT2D eigenvalue weighted by molar-refractivity contribution is -0.200. The number of hydroxylamine groups is 1. The van der Waals surface area contributed by atoms with E-state index in [0.717, 1.165) is 28.8 Å². The lowest BCUT2D eigenvalue weighted by Crippen LogP contribution is -2.43. The maximum Gasteiger partial charge on any atom is 0.263 e. The molecule has 13 heteroatoms. The Morgan fingerprint density at radius 2 is 1.93 bits per heavy atom. The highest BCUT2D eigenvalue weighted by molar-refractivity contribution is 7.92. The predicted octanol–water partition coefficient (Wildman–Crippen LogP) is 5.25. The Morgan fingerprint density at radius 3 is 2.65 bits per heavy atom. The van der Waals surface area contributed by atoms with Crippen molar-refractivity contribution in [3.63, 3.8) is 0 Å². The van der Waals surface area contributed by atoms with Gasteiger partial charge in [0, 0.05) is 41.4 Å². The summed E-state index contributed by atoms with van der Waals surface area (Å²) in [7, 11) is -3.90. The largest absolute Gasteiger partial charge is 0.444 e. The highest BCUT2D eigenvalue weighted by atomic mass is 32.2. The third kappa shape index (κ3) is 6.31. The molecule has 10 nitrogen and oxygen atoms in total. The Bertz CT molecular complexity index is 1640. The lowest BCUT2D eigenvalue weighted by atomic mass is 9.97. The Balaban J connectivity index is 1.29. The lowest BCUT2D eigenvalue weighted by Gasteiger charge is -2.31. The van der Waals surface area contributed by atoms with Gasteiger partial charge in [0.25, 0.3) is 5.91 Å². The second kappa shape index (κ2) is 12.7. The summed E-state index contributed by atoms with van der Waals surface area (Å²) in [6, 6.07) is 14.9. The number of hydrogen-bond acceptors (Lipinski definition) is 10. The van der Waals surface area contributed by atoms with Crippen molar-refractivity contribution in [1.82, 2.24) is 15.4 Å². The molecule has 0 aliphatic carbocycles. The molecule has 0 bridgehead atoms. The van der Waals surface area contributed by atoms with E-state index < -0.39 is 26.8 Å². The molecule has 3 aromatic heterocycles. The maximum atomic E-state index is 14.2. The van der Waals surface area contributed by atoms with E-state index in [0.29, 0.717) is 28.5 Å². The average Bonchev–Trinajstić information content (AvgIpc) is 3.82. The first-order valence-corrected chi connectivity index (χ1v) is 17.4. The number of amides is 2. The third-order valence-corrected chi connectivity index (χ3v) is 12.7. The fourth-order valence-electron chi connectivity index (χ4n) is 5.46. The van der Waals surface area contributed by atoms with Crippen molar-refractivity contribution >= 4 is 44.3 Å². The first-order chi connectivity index (χ1) is 20.8. The van der Waals surface area contributed by atoms with Crippen LogP contribution in [0.5, 0.6) is 0 Å². The number of ether oxygens (including phenoxy) is 1. The van der Waals surface area contributed by atoms with E-state index in [1.807, 2.05) is 35.7 Å². The fourth-order valence-corrected chi connectivity index (χ4v) is 9.76. The van der Waals surface area contributed by atoms with Crippen LogP contribution in [0.3, 0.4) is 0 Å². The van der Waals surface area contributed by atoms with Crippen LogP contribution in [-0.2, 0) is 29.0 Å². The number of aromatic nitrogens is 1. The van der Waals surface area contributed by atoms with Gasteiger partial charge in [-0.2, -0.15) is 0 Å². The van der Waals surface area contributed by atoms with Gasteiger partial charge in [-0.3, -0.25) is 9.59 Å². The van der Waals surface area contributed by atoms with E-state index in [1.165, 1.54) is 29.1 Å². The monoisotopic (exact) mass is 641 g/mol. The number of rotatable bonds is 8. The van der Waals surface area contributed by atoms with Crippen molar-refractivity contribution in [2.75, 3.05) is 25.4 Å². The number of carbonyl (C=O) groups is 2. The molecule has 43 heavy (non-hydrogen) atoms. The molecule has 1 N–H and O–H groups in total. The van der Waals surface area contributed by atoms with Gasteiger partial charge >= 0.3 is 0 Å². The van der Waals surface area contributed by atoms with E-state index in [-0.39, 0.29) is 37.6 Å². The van der Waals surface area contributed by atoms with Gasteiger partial charge in [0.2, 0.25) is 5.91 Å². The summed E-state index contributed by atoms with van der Waals surface area (Å²) in [6.45, 7) is 0.787. The number of thiophene rings is 2. The van der Waals surface area contributed by atoms with E-state index in [9.17, 15) is 18.0 Å². The van der Waals surface area contributed by atoms with Gasteiger partial charge in [0.15, 0.2) is 28.3 Å². The predicted molar refractivity (Wildman–Crippen MR) is 163 cm³/mol. The van der Waals surface area contributed by atoms with Crippen LogP contribution >= 0.6 is 22.7 Å². The molecule has 2 saturated heterocycles. The Hall–Kier alpha value is -3.36. The topological polar surface area (TPSA) is 128 Å². The average molecular weight is 642 g/mol. The van der Waals surface area contributed by atoms with Crippen LogP contribution in [0.2, 0.25) is 0 Å². The summed E-state index contributed by atoms with van der Waals surface area (Å²) >= 11 is 2.66. The summed E-state index contributed by atoms with van der Waals surface area (Å²) in [5.74, 6) is -0.372. The summed E-state index contributed by atoms with van der Waals surface area (Å²) in [6.07, 6.45) is 4.68. The van der Waals surface area contributed by atoms with Gasteiger partial charge in [-0.05, 0) is 48.4 Å². The fraction of sp³-hybridized carbons (Fsp3) is 0.367. The van der Waals surface area contributed by atoms with Gasteiger partial charge in [0.1, 0.15) is 4.75 Å². The SMILES string of the molecule is O=C(C[C@]1(c2ccc(-c3ccc(-c4cnco4)cc3)s2)CCN(C(=O)c2cccs2)CCS1(=O)=O)NOC1CCCCO1. The van der Waals surface area contributed by atoms with Crippen LogP contribution in [0, 0.1) is 0 Å². The molecule has 2 aliphatic rings. The second-order valence-corrected chi connectivity index (χ2v) is 15.0. The molecule has 2 aliphatic heterocycles. The highest BCUT2D eigenvalue weighted by Gasteiger charge is 2.50. The minimum Gasteiger partial charge on any atom is -0.444 e. The Morgan fingerprint density at radius 1 is 1.09 bits per heavy atom. The number of nitrogens with zero attached hydrogens (tertiary/aromatic N) is 2. The molecule has 1 unspecified atom stereocenters. The van der Waals surface area contributed by atoms with Crippen molar-refractivity contribution in [3.8, 4) is 21.8 Å². The number of carbonyl (C=O) groups excluding carboxylic acids is 2. The Labute approximate surface area is 257 Å². The van der Waals surface area contributed by atoms with Crippen molar-refractivity contribution in [2.24, 2.45) is 0 Å². The number of sulfone groups is 1. The minimum atomic E-state index is -3.90. The van der Waals surface area contributed by atoms with Crippen molar-refractivity contribution in [2.45, 2.75) is 43.1 Å². The van der Waals surface area contributed by atoms with Gasteiger partial charge in [-0.25, -0.2) is 23.7 Å². The van der Waals surface area contributed by atoms with E-state index in [1.54, 1.807) is 29.3 Å². The second-order valence-electron chi connectivity index (χ2n) is 10.6. The first kappa shape index (κ1) is 29.7. The summed E-state index contributed by atoms with van der Waals surface area (Å²) in [5, 5.41) is 1.82. The quantitative estimate of drug-likeness (QED) is 0.259. The number of benzene rings is 1. The molecule has 226 valence electrons. The summed E-state index contributed by atoms with van der Waals surface area (Å²) < 4.78 is 37.7. The van der Waals surface area contributed by atoms with E-state index in [4.69, 9.17) is 14.0 Å². The molecule has 2 atom stereocenters. The van der Waals surface area contributed by atoms with Gasteiger partial charge in [-0.1, -0.05) is 30.3 Å². The number of oxazole rings is 1.